The summed E-state index contributed by atoms with van der Waals surface area (Å²) in [4.78, 5) is 50.6. The zero-order valence-corrected chi connectivity index (χ0v) is 24.4. The molecule has 4 fully saturated rings. The average molecular weight is 571 g/mol. The predicted molar refractivity (Wildman–Crippen MR) is 135 cm³/mol. The lowest BCUT2D eigenvalue weighted by Crippen LogP contribution is -2.40. The minimum absolute atomic E-state index is 0.0500. The molecule has 40 heavy (non-hydrogen) atoms. The second kappa shape index (κ2) is 12.3. The maximum absolute atomic E-state index is 12.7. The van der Waals surface area contributed by atoms with Crippen LogP contribution >= 0.6 is 0 Å². The smallest absolute Gasteiger partial charge is 0.339 e. The summed E-state index contributed by atoms with van der Waals surface area (Å²) in [7, 11) is 0. The molecule has 2 saturated carbocycles. The highest BCUT2D eigenvalue weighted by Crippen LogP contribution is 2.62. The van der Waals surface area contributed by atoms with Crippen LogP contribution in [-0.4, -0.2) is 85.3 Å². The van der Waals surface area contributed by atoms with Gasteiger partial charge in [0.05, 0.1) is 24.4 Å². The molecular formula is C28H42O12. The Morgan fingerprint density at radius 1 is 0.450 bits per heavy atom. The van der Waals surface area contributed by atoms with Gasteiger partial charge in [0.15, 0.2) is 37.0 Å². The molecule has 0 spiro atoms. The second-order valence-electron chi connectivity index (χ2n) is 12.0. The fourth-order valence-electron chi connectivity index (χ4n) is 5.33. The van der Waals surface area contributed by atoms with E-state index in [2.05, 4.69) is 0 Å². The number of hydrogen-bond acceptors (Lipinski definition) is 12. The molecule has 0 N–H and O–H groups in total. The standard InChI is InChI=1S/C28H42O12/c1-11(2)33-23(29)19-20(24(30)34-12(3)4)38-27(37-19)17-9-15(17)16-10-18(16)28-39-21(25(31)35-13(5)6)22(40-28)26(32)36-14(7)8/h11-22,27-28H,9-10H2,1-8H3/t15-,16-,17+,18+,19+,20+,21+,22+/m0/s1. The lowest BCUT2D eigenvalue weighted by molar-refractivity contribution is -0.167. The van der Waals surface area contributed by atoms with Gasteiger partial charge in [-0.05, 0) is 80.1 Å². The summed E-state index contributed by atoms with van der Waals surface area (Å²) in [6.07, 6.45) is -6.40. The van der Waals surface area contributed by atoms with E-state index in [1.807, 2.05) is 0 Å². The van der Waals surface area contributed by atoms with Crippen molar-refractivity contribution >= 4 is 23.9 Å². The molecule has 0 aromatic heterocycles. The van der Waals surface area contributed by atoms with E-state index in [-0.39, 0.29) is 48.1 Å². The van der Waals surface area contributed by atoms with E-state index in [9.17, 15) is 19.2 Å². The Morgan fingerprint density at radius 3 is 0.875 bits per heavy atom. The van der Waals surface area contributed by atoms with E-state index in [1.54, 1.807) is 55.4 Å². The summed E-state index contributed by atoms with van der Waals surface area (Å²) in [5.74, 6) is -2.44. The summed E-state index contributed by atoms with van der Waals surface area (Å²) < 4.78 is 44.8. The zero-order chi connectivity index (χ0) is 29.5. The largest absolute Gasteiger partial charge is 0.461 e. The van der Waals surface area contributed by atoms with E-state index in [0.717, 1.165) is 12.8 Å². The van der Waals surface area contributed by atoms with Crippen molar-refractivity contribution in [1.29, 1.82) is 0 Å². The minimum atomic E-state index is -1.21. The van der Waals surface area contributed by atoms with Crippen LogP contribution in [0.4, 0.5) is 0 Å². The van der Waals surface area contributed by atoms with Crippen molar-refractivity contribution in [2.75, 3.05) is 0 Å². The molecular weight excluding hydrogens is 528 g/mol. The fraction of sp³-hybridized carbons (Fsp3) is 0.857. The lowest BCUT2D eigenvalue weighted by atomic mass is 10.1. The molecule has 0 unspecified atom stereocenters. The quantitative estimate of drug-likeness (QED) is 0.266. The Hall–Kier alpha value is -2.28. The van der Waals surface area contributed by atoms with E-state index >= 15 is 0 Å². The first-order chi connectivity index (χ1) is 18.8. The minimum Gasteiger partial charge on any atom is -0.461 e. The summed E-state index contributed by atoms with van der Waals surface area (Å²) in [5, 5.41) is 0. The zero-order valence-electron chi connectivity index (χ0n) is 24.4. The van der Waals surface area contributed by atoms with Crippen molar-refractivity contribution in [3.05, 3.63) is 0 Å². The van der Waals surface area contributed by atoms with Crippen LogP contribution in [0.15, 0.2) is 0 Å². The van der Waals surface area contributed by atoms with Gasteiger partial charge >= 0.3 is 23.9 Å². The van der Waals surface area contributed by atoms with Gasteiger partial charge in [0, 0.05) is 11.8 Å². The number of ether oxygens (including phenoxy) is 8. The Balaban J connectivity index is 1.37. The molecule has 4 aliphatic rings. The van der Waals surface area contributed by atoms with Crippen LogP contribution < -0.4 is 0 Å². The van der Waals surface area contributed by atoms with Crippen LogP contribution in [-0.2, 0) is 57.1 Å². The third-order valence-corrected chi connectivity index (χ3v) is 7.04. The molecule has 8 atom stereocenters. The molecule has 0 amide bonds. The van der Waals surface area contributed by atoms with Gasteiger partial charge in [0.25, 0.3) is 0 Å². The van der Waals surface area contributed by atoms with Crippen molar-refractivity contribution in [1.82, 2.24) is 0 Å². The Labute approximate surface area is 234 Å². The van der Waals surface area contributed by atoms with Gasteiger partial charge in [-0.2, -0.15) is 0 Å². The highest BCUT2D eigenvalue weighted by molar-refractivity contribution is 5.87. The number of esters is 4. The third kappa shape index (κ3) is 7.13. The van der Waals surface area contributed by atoms with Gasteiger partial charge in [0.2, 0.25) is 0 Å². The molecule has 0 radical (unpaired) electrons. The normalized spacial score (nSPS) is 34.0. The van der Waals surface area contributed by atoms with Gasteiger partial charge in [-0.1, -0.05) is 0 Å². The number of hydrogen-bond donors (Lipinski definition) is 0. The van der Waals surface area contributed by atoms with E-state index in [1.165, 1.54) is 0 Å². The van der Waals surface area contributed by atoms with E-state index in [4.69, 9.17) is 37.9 Å². The molecule has 12 heteroatoms. The number of carbonyl (C=O) groups excluding carboxylic acids is 4. The predicted octanol–water partition coefficient (Wildman–Crippen LogP) is 2.29. The highest BCUT2D eigenvalue weighted by Gasteiger charge is 2.64. The SMILES string of the molecule is CC(C)OC(=O)[C@@H]1OC([C@@H]2C[C@H]2[C@@H]2C[C@H]2C2O[C@@H](C(=O)OC(C)C)[C@H](C(=O)OC(C)C)O2)O[C@H]1C(=O)OC(C)C. The van der Waals surface area contributed by atoms with Crippen LogP contribution in [0, 0.1) is 23.7 Å². The summed E-state index contributed by atoms with van der Waals surface area (Å²) >= 11 is 0. The summed E-state index contributed by atoms with van der Waals surface area (Å²) in [5.41, 5.74) is 0. The summed E-state index contributed by atoms with van der Waals surface area (Å²) in [6, 6.07) is 0. The molecule has 0 bridgehead atoms. The van der Waals surface area contributed by atoms with Crippen molar-refractivity contribution in [2.24, 2.45) is 23.7 Å². The Kier molecular flexibility index (Phi) is 9.43. The van der Waals surface area contributed by atoms with Crippen LogP contribution in [0.25, 0.3) is 0 Å². The van der Waals surface area contributed by atoms with Crippen LogP contribution in [0.1, 0.15) is 68.2 Å². The second-order valence-corrected chi connectivity index (χ2v) is 12.0. The lowest BCUT2D eigenvalue weighted by Gasteiger charge is -2.17. The molecule has 2 aliphatic heterocycles. The first-order valence-electron chi connectivity index (χ1n) is 14.2. The van der Waals surface area contributed by atoms with Gasteiger partial charge in [-0.15, -0.1) is 0 Å². The fourth-order valence-corrected chi connectivity index (χ4v) is 5.33. The Morgan fingerprint density at radius 2 is 0.675 bits per heavy atom. The molecule has 2 heterocycles. The number of carbonyl (C=O) groups is 4. The van der Waals surface area contributed by atoms with Gasteiger partial charge in [-0.3, -0.25) is 0 Å². The molecule has 0 aromatic rings. The van der Waals surface area contributed by atoms with Crippen molar-refractivity contribution in [2.45, 2.75) is 130 Å². The molecule has 0 aromatic carbocycles. The molecule has 12 nitrogen and oxygen atoms in total. The monoisotopic (exact) mass is 570 g/mol. The maximum Gasteiger partial charge on any atom is 0.339 e. The van der Waals surface area contributed by atoms with Crippen molar-refractivity contribution in [3.8, 4) is 0 Å². The first kappa shape index (κ1) is 30.7. The highest BCUT2D eigenvalue weighted by atomic mass is 16.8. The number of rotatable bonds is 11. The Bertz CT molecular complexity index is 825. The maximum atomic E-state index is 12.7. The van der Waals surface area contributed by atoms with Crippen molar-refractivity contribution in [3.63, 3.8) is 0 Å². The van der Waals surface area contributed by atoms with Crippen molar-refractivity contribution < 1.29 is 57.1 Å². The van der Waals surface area contributed by atoms with Crippen LogP contribution in [0.2, 0.25) is 0 Å². The van der Waals surface area contributed by atoms with Crippen LogP contribution in [0.5, 0.6) is 0 Å². The topological polar surface area (TPSA) is 142 Å². The summed E-state index contributed by atoms with van der Waals surface area (Å²) in [6.45, 7) is 13.7. The average Bonchev–Trinajstić information content (AvgIpc) is 3.69. The molecule has 2 aliphatic carbocycles. The van der Waals surface area contributed by atoms with E-state index in [0.29, 0.717) is 0 Å². The van der Waals surface area contributed by atoms with Gasteiger partial charge < -0.3 is 37.9 Å². The molecule has 226 valence electrons. The van der Waals surface area contributed by atoms with Gasteiger partial charge in [0.1, 0.15) is 0 Å². The van der Waals surface area contributed by atoms with Gasteiger partial charge in [-0.25, -0.2) is 19.2 Å². The molecule has 4 rings (SSSR count). The van der Waals surface area contributed by atoms with E-state index < -0.39 is 60.9 Å². The molecule has 2 saturated heterocycles. The van der Waals surface area contributed by atoms with Crippen LogP contribution in [0.3, 0.4) is 0 Å². The third-order valence-electron chi connectivity index (χ3n) is 7.04. The first-order valence-corrected chi connectivity index (χ1v) is 14.2.